The van der Waals surface area contributed by atoms with E-state index in [4.69, 9.17) is 16.3 Å². The number of carbonyl (C=O) groups excluding carboxylic acids is 1. The lowest BCUT2D eigenvalue weighted by Gasteiger charge is -2.21. The highest BCUT2D eigenvalue weighted by Gasteiger charge is 2.25. The summed E-state index contributed by atoms with van der Waals surface area (Å²) in [7, 11) is 0. The van der Waals surface area contributed by atoms with Gasteiger partial charge in [0.05, 0.1) is 18.5 Å². The molecule has 1 saturated heterocycles. The largest absolute Gasteiger partial charge is 0.449 e. The number of hydrogen-bond donors (Lipinski definition) is 1. The molecule has 7 heteroatoms. The van der Waals surface area contributed by atoms with Crippen molar-refractivity contribution in [2.75, 3.05) is 24.6 Å². The van der Waals surface area contributed by atoms with Crippen molar-refractivity contribution < 1.29 is 9.53 Å². The fraction of sp³-hybridized carbons (Fsp3) is 0.643. The zero-order valence-electron chi connectivity index (χ0n) is 12.6. The van der Waals surface area contributed by atoms with Crippen molar-refractivity contribution in [3.8, 4) is 0 Å². The van der Waals surface area contributed by atoms with E-state index >= 15 is 0 Å². The molecule has 21 heavy (non-hydrogen) atoms. The number of rotatable bonds is 3. The fourth-order valence-corrected chi connectivity index (χ4v) is 2.40. The minimum absolute atomic E-state index is 0.280. The number of carbonyl (C=O) groups is 1. The average molecular weight is 313 g/mol. The van der Waals surface area contributed by atoms with E-state index in [2.05, 4.69) is 20.4 Å². The maximum atomic E-state index is 11.6. The highest BCUT2D eigenvalue weighted by molar-refractivity contribution is 6.29. The maximum absolute atomic E-state index is 11.6. The second-order valence-corrected chi connectivity index (χ2v) is 6.70. The lowest BCUT2D eigenvalue weighted by Crippen LogP contribution is -2.41. The molecule has 0 bridgehead atoms. The van der Waals surface area contributed by atoms with Gasteiger partial charge in [-0.2, -0.15) is 5.10 Å². The number of aromatic nitrogens is 2. The third kappa shape index (κ3) is 5.04. The van der Waals surface area contributed by atoms with Crippen LogP contribution in [0.5, 0.6) is 0 Å². The lowest BCUT2D eigenvalue weighted by atomic mass is 10.1. The van der Waals surface area contributed by atoms with Crippen LogP contribution >= 0.6 is 11.6 Å². The number of nitrogens with zero attached hydrogens (tertiary/aromatic N) is 3. The SMILES string of the molecule is CC(C)(C)NC(=O)OC[C@@H]1CCN(c2cnnc(Cl)c2)C1. The summed E-state index contributed by atoms with van der Waals surface area (Å²) in [6, 6.07) is 1.80. The molecule has 1 N–H and O–H groups in total. The number of amides is 1. The second kappa shape index (κ2) is 6.47. The topological polar surface area (TPSA) is 67.3 Å². The van der Waals surface area contributed by atoms with E-state index in [1.165, 1.54) is 0 Å². The normalized spacial score (nSPS) is 18.7. The smallest absolute Gasteiger partial charge is 0.407 e. The van der Waals surface area contributed by atoms with Crippen molar-refractivity contribution in [2.45, 2.75) is 32.7 Å². The summed E-state index contributed by atoms with van der Waals surface area (Å²) < 4.78 is 5.28. The maximum Gasteiger partial charge on any atom is 0.407 e. The van der Waals surface area contributed by atoms with E-state index in [1.54, 1.807) is 12.3 Å². The van der Waals surface area contributed by atoms with Gasteiger partial charge < -0.3 is 15.0 Å². The van der Waals surface area contributed by atoms with Crippen LogP contribution < -0.4 is 10.2 Å². The van der Waals surface area contributed by atoms with Crippen LogP contribution in [0.15, 0.2) is 12.3 Å². The van der Waals surface area contributed by atoms with Crippen LogP contribution in [0.2, 0.25) is 5.15 Å². The van der Waals surface area contributed by atoms with Gasteiger partial charge in [-0.1, -0.05) is 11.6 Å². The van der Waals surface area contributed by atoms with E-state index < -0.39 is 0 Å². The van der Waals surface area contributed by atoms with E-state index in [0.717, 1.165) is 25.2 Å². The molecule has 1 aromatic heterocycles. The van der Waals surface area contributed by atoms with Crippen LogP contribution in [0.25, 0.3) is 0 Å². The fourth-order valence-electron chi connectivity index (χ4n) is 2.24. The van der Waals surface area contributed by atoms with Crippen molar-refractivity contribution in [1.29, 1.82) is 0 Å². The number of alkyl carbamates (subject to hydrolysis) is 1. The van der Waals surface area contributed by atoms with Crippen LogP contribution in [0, 0.1) is 5.92 Å². The number of ether oxygens (including phenoxy) is 1. The first-order valence-electron chi connectivity index (χ1n) is 7.01. The van der Waals surface area contributed by atoms with Gasteiger partial charge in [0.2, 0.25) is 0 Å². The molecule has 0 radical (unpaired) electrons. The van der Waals surface area contributed by atoms with Crippen molar-refractivity contribution in [2.24, 2.45) is 5.92 Å². The first-order chi connectivity index (χ1) is 9.83. The highest BCUT2D eigenvalue weighted by Crippen LogP contribution is 2.24. The molecule has 1 aromatic rings. The molecular formula is C14H21ClN4O2. The van der Waals surface area contributed by atoms with Gasteiger partial charge in [-0.25, -0.2) is 4.79 Å². The van der Waals surface area contributed by atoms with Crippen LogP contribution in [0.4, 0.5) is 10.5 Å². The molecular weight excluding hydrogens is 292 g/mol. The Morgan fingerprint density at radius 1 is 1.57 bits per heavy atom. The summed E-state index contributed by atoms with van der Waals surface area (Å²) in [4.78, 5) is 13.8. The number of anilines is 1. The van der Waals surface area contributed by atoms with Crippen molar-refractivity contribution in [3.63, 3.8) is 0 Å². The van der Waals surface area contributed by atoms with Crippen LogP contribution in [-0.2, 0) is 4.74 Å². The third-order valence-electron chi connectivity index (χ3n) is 3.19. The standard InChI is InChI=1S/C14H21ClN4O2/c1-14(2,3)17-13(20)21-9-10-4-5-19(8-10)11-6-12(15)18-16-7-11/h6-7,10H,4-5,8-9H2,1-3H3,(H,17,20)/t10-/m1/s1. The lowest BCUT2D eigenvalue weighted by molar-refractivity contribution is 0.123. The molecule has 0 aromatic carbocycles. The van der Waals surface area contributed by atoms with Gasteiger partial charge in [0.1, 0.15) is 0 Å². The van der Waals surface area contributed by atoms with Crippen molar-refractivity contribution in [1.82, 2.24) is 15.5 Å². The van der Waals surface area contributed by atoms with E-state index in [9.17, 15) is 4.79 Å². The first-order valence-corrected chi connectivity index (χ1v) is 7.39. The summed E-state index contributed by atoms with van der Waals surface area (Å²) in [5.41, 5.74) is 0.676. The molecule has 0 spiro atoms. The molecule has 1 amide bonds. The van der Waals surface area contributed by atoms with Gasteiger partial charge in [0.25, 0.3) is 0 Å². The molecule has 1 aliphatic heterocycles. The Morgan fingerprint density at radius 3 is 3.00 bits per heavy atom. The van der Waals surface area contributed by atoms with Gasteiger partial charge in [0.15, 0.2) is 5.15 Å². The Morgan fingerprint density at radius 2 is 2.33 bits per heavy atom. The summed E-state index contributed by atoms with van der Waals surface area (Å²) in [5, 5.41) is 10.8. The molecule has 0 saturated carbocycles. The molecule has 6 nitrogen and oxygen atoms in total. The molecule has 1 atom stereocenters. The molecule has 0 unspecified atom stereocenters. The zero-order chi connectivity index (χ0) is 15.5. The number of hydrogen-bond acceptors (Lipinski definition) is 5. The predicted octanol–water partition coefficient (Wildman–Crippen LogP) is 2.48. The first kappa shape index (κ1) is 15.8. The van der Waals surface area contributed by atoms with Crippen LogP contribution in [-0.4, -0.2) is 41.5 Å². The van der Waals surface area contributed by atoms with Gasteiger partial charge in [-0.3, -0.25) is 0 Å². The molecule has 1 fully saturated rings. The Labute approximate surface area is 129 Å². The van der Waals surface area contributed by atoms with Gasteiger partial charge in [-0.05, 0) is 27.2 Å². The predicted molar refractivity (Wildman–Crippen MR) is 81.6 cm³/mol. The number of nitrogens with one attached hydrogen (secondary N) is 1. The molecule has 2 heterocycles. The molecule has 1 aliphatic rings. The quantitative estimate of drug-likeness (QED) is 0.928. The minimum atomic E-state index is -0.366. The summed E-state index contributed by atoms with van der Waals surface area (Å²) >= 11 is 5.85. The van der Waals surface area contributed by atoms with Crippen LogP contribution in [0.1, 0.15) is 27.2 Å². The number of halogens is 1. The van der Waals surface area contributed by atoms with Crippen molar-refractivity contribution >= 4 is 23.4 Å². The van der Waals surface area contributed by atoms with Crippen LogP contribution in [0.3, 0.4) is 0 Å². The molecule has 116 valence electrons. The third-order valence-corrected chi connectivity index (χ3v) is 3.37. The molecule has 0 aliphatic carbocycles. The van der Waals surface area contributed by atoms with E-state index in [0.29, 0.717) is 17.7 Å². The summed E-state index contributed by atoms with van der Waals surface area (Å²) in [5.74, 6) is 0.322. The van der Waals surface area contributed by atoms with Crippen molar-refractivity contribution in [3.05, 3.63) is 17.4 Å². The Kier molecular flexibility index (Phi) is 4.88. The Balaban J connectivity index is 1.79. The Bertz CT molecular complexity index is 504. The minimum Gasteiger partial charge on any atom is -0.449 e. The average Bonchev–Trinajstić information content (AvgIpc) is 2.83. The zero-order valence-corrected chi connectivity index (χ0v) is 13.4. The monoisotopic (exact) mass is 312 g/mol. The second-order valence-electron chi connectivity index (χ2n) is 6.31. The van der Waals surface area contributed by atoms with E-state index in [1.807, 2.05) is 20.8 Å². The molecule has 2 rings (SSSR count). The summed E-state index contributed by atoms with van der Waals surface area (Å²) in [6.07, 6.45) is 2.30. The van der Waals surface area contributed by atoms with Gasteiger partial charge in [-0.15, -0.1) is 5.10 Å². The van der Waals surface area contributed by atoms with Gasteiger partial charge >= 0.3 is 6.09 Å². The Hall–Kier alpha value is -1.56. The summed E-state index contributed by atoms with van der Waals surface area (Å²) in [6.45, 7) is 7.91. The van der Waals surface area contributed by atoms with E-state index in [-0.39, 0.29) is 11.6 Å². The van der Waals surface area contributed by atoms with Gasteiger partial charge in [0, 0.05) is 30.6 Å². The highest BCUT2D eigenvalue weighted by atomic mass is 35.5.